The Morgan fingerprint density at radius 1 is 1.07 bits per heavy atom. The van der Waals surface area contributed by atoms with Gasteiger partial charge in [0.25, 0.3) is 0 Å². The molecule has 3 unspecified atom stereocenters. The van der Waals surface area contributed by atoms with Crippen molar-refractivity contribution < 1.29 is 0 Å². The molecular formula is C13H28N2. The monoisotopic (exact) mass is 212 g/mol. The van der Waals surface area contributed by atoms with Crippen LogP contribution in [0, 0.1) is 17.8 Å². The zero-order chi connectivity index (χ0) is 11.3. The van der Waals surface area contributed by atoms with Gasteiger partial charge in [0.1, 0.15) is 0 Å². The normalized spacial score (nSPS) is 35.4. The summed E-state index contributed by atoms with van der Waals surface area (Å²) in [5.41, 5.74) is 0. The second-order valence-corrected chi connectivity index (χ2v) is 5.51. The number of hydrogen-bond acceptors (Lipinski definition) is 2. The Balaban J connectivity index is 0.000000151. The van der Waals surface area contributed by atoms with Crippen LogP contribution in [0.4, 0.5) is 0 Å². The molecule has 2 heterocycles. The molecule has 2 aliphatic rings. The predicted molar refractivity (Wildman–Crippen MR) is 67.1 cm³/mol. The molecule has 0 amide bonds. The van der Waals surface area contributed by atoms with E-state index in [1.165, 1.54) is 32.5 Å². The second kappa shape index (κ2) is 6.49. The standard InChI is InChI=1S/C7H15N.C6H13N/c1-6(2)7-3-4-8-5-7;1-5-3-4-7-6(5)2/h6-8H,3-5H2,1-2H3;5-7H,3-4H2,1-2H3. The fourth-order valence-electron chi connectivity index (χ4n) is 2.24. The highest BCUT2D eigenvalue weighted by atomic mass is 14.9. The third kappa shape index (κ3) is 4.52. The minimum absolute atomic E-state index is 0.764. The Labute approximate surface area is 95.2 Å². The van der Waals surface area contributed by atoms with Crippen molar-refractivity contribution in [2.45, 2.75) is 46.6 Å². The van der Waals surface area contributed by atoms with E-state index in [9.17, 15) is 0 Å². The summed E-state index contributed by atoms with van der Waals surface area (Å²) in [6, 6.07) is 0.764. The van der Waals surface area contributed by atoms with E-state index in [4.69, 9.17) is 0 Å². The maximum absolute atomic E-state index is 3.37. The van der Waals surface area contributed by atoms with Crippen molar-refractivity contribution in [3.05, 3.63) is 0 Å². The second-order valence-electron chi connectivity index (χ2n) is 5.51. The van der Waals surface area contributed by atoms with Crippen LogP contribution >= 0.6 is 0 Å². The van der Waals surface area contributed by atoms with Gasteiger partial charge in [-0.25, -0.2) is 0 Å². The van der Waals surface area contributed by atoms with Gasteiger partial charge in [0, 0.05) is 6.04 Å². The van der Waals surface area contributed by atoms with Gasteiger partial charge >= 0.3 is 0 Å². The van der Waals surface area contributed by atoms with E-state index in [0.29, 0.717) is 0 Å². The van der Waals surface area contributed by atoms with Gasteiger partial charge in [0.2, 0.25) is 0 Å². The summed E-state index contributed by atoms with van der Waals surface area (Å²) < 4.78 is 0. The van der Waals surface area contributed by atoms with Crippen LogP contribution in [0.2, 0.25) is 0 Å². The van der Waals surface area contributed by atoms with Gasteiger partial charge in [0.15, 0.2) is 0 Å². The molecule has 2 nitrogen and oxygen atoms in total. The Morgan fingerprint density at radius 2 is 1.80 bits per heavy atom. The topological polar surface area (TPSA) is 24.1 Å². The van der Waals surface area contributed by atoms with Gasteiger partial charge in [-0.2, -0.15) is 0 Å². The van der Waals surface area contributed by atoms with Crippen molar-refractivity contribution in [3.8, 4) is 0 Å². The molecular weight excluding hydrogens is 184 g/mol. The van der Waals surface area contributed by atoms with E-state index in [0.717, 1.165) is 23.8 Å². The summed E-state index contributed by atoms with van der Waals surface area (Å²) in [5, 5.41) is 6.72. The van der Waals surface area contributed by atoms with Crippen LogP contribution in [0.25, 0.3) is 0 Å². The van der Waals surface area contributed by atoms with E-state index >= 15 is 0 Å². The fourth-order valence-corrected chi connectivity index (χ4v) is 2.24. The van der Waals surface area contributed by atoms with Crippen molar-refractivity contribution in [3.63, 3.8) is 0 Å². The number of hydrogen-bond donors (Lipinski definition) is 2. The lowest BCUT2D eigenvalue weighted by atomic mass is 9.96. The maximum Gasteiger partial charge on any atom is 0.00648 e. The zero-order valence-corrected chi connectivity index (χ0v) is 10.8. The molecule has 2 saturated heterocycles. The first kappa shape index (κ1) is 13.0. The predicted octanol–water partition coefficient (Wildman–Crippen LogP) is 2.26. The van der Waals surface area contributed by atoms with E-state index < -0.39 is 0 Å². The van der Waals surface area contributed by atoms with Crippen molar-refractivity contribution in [2.24, 2.45) is 17.8 Å². The molecule has 0 aromatic carbocycles. The smallest absolute Gasteiger partial charge is 0.00648 e. The van der Waals surface area contributed by atoms with Crippen molar-refractivity contribution in [1.29, 1.82) is 0 Å². The quantitative estimate of drug-likeness (QED) is 0.696. The van der Waals surface area contributed by atoms with Crippen LogP contribution in [-0.4, -0.2) is 25.7 Å². The minimum Gasteiger partial charge on any atom is -0.316 e. The molecule has 0 spiro atoms. The van der Waals surface area contributed by atoms with Crippen LogP contribution < -0.4 is 10.6 Å². The van der Waals surface area contributed by atoms with Gasteiger partial charge in [0.05, 0.1) is 0 Å². The lowest BCUT2D eigenvalue weighted by molar-refractivity contribution is 0.419. The highest BCUT2D eigenvalue weighted by Gasteiger charge is 2.17. The number of rotatable bonds is 1. The van der Waals surface area contributed by atoms with Crippen LogP contribution in [0.3, 0.4) is 0 Å². The van der Waals surface area contributed by atoms with Gasteiger partial charge in [-0.3, -0.25) is 0 Å². The molecule has 0 radical (unpaired) electrons. The van der Waals surface area contributed by atoms with Gasteiger partial charge in [-0.05, 0) is 57.2 Å². The lowest BCUT2D eigenvalue weighted by Crippen LogP contribution is -2.20. The van der Waals surface area contributed by atoms with E-state index in [1.54, 1.807) is 0 Å². The maximum atomic E-state index is 3.37. The Kier molecular flexibility index (Phi) is 5.62. The van der Waals surface area contributed by atoms with Crippen LogP contribution in [0.1, 0.15) is 40.5 Å². The molecule has 0 bridgehead atoms. The lowest BCUT2D eigenvalue weighted by Gasteiger charge is -2.10. The number of nitrogens with one attached hydrogen (secondary N) is 2. The van der Waals surface area contributed by atoms with Gasteiger partial charge < -0.3 is 10.6 Å². The zero-order valence-electron chi connectivity index (χ0n) is 10.8. The SMILES string of the molecule is CC(C)C1CCNC1.CC1CCNC1C. The van der Waals surface area contributed by atoms with E-state index in [2.05, 4.69) is 38.3 Å². The van der Waals surface area contributed by atoms with E-state index in [-0.39, 0.29) is 0 Å². The Hall–Kier alpha value is -0.0800. The Bertz CT molecular complexity index is 154. The first-order chi connectivity index (χ1) is 7.11. The third-order valence-electron chi connectivity index (χ3n) is 3.96. The molecule has 15 heavy (non-hydrogen) atoms. The summed E-state index contributed by atoms with van der Waals surface area (Å²) in [6.45, 7) is 12.9. The molecule has 2 aliphatic heterocycles. The van der Waals surface area contributed by atoms with Crippen molar-refractivity contribution >= 4 is 0 Å². The highest BCUT2D eigenvalue weighted by Crippen LogP contribution is 2.16. The van der Waals surface area contributed by atoms with Crippen LogP contribution in [0.5, 0.6) is 0 Å². The summed E-state index contributed by atoms with van der Waals surface area (Å²) in [7, 11) is 0. The highest BCUT2D eigenvalue weighted by molar-refractivity contribution is 4.75. The summed E-state index contributed by atoms with van der Waals surface area (Å²) in [4.78, 5) is 0. The summed E-state index contributed by atoms with van der Waals surface area (Å²) in [5.74, 6) is 2.74. The third-order valence-corrected chi connectivity index (χ3v) is 3.96. The molecule has 2 heteroatoms. The average Bonchev–Trinajstić information content (AvgIpc) is 2.80. The molecule has 90 valence electrons. The molecule has 3 atom stereocenters. The first-order valence-corrected chi connectivity index (χ1v) is 6.55. The molecule has 0 aliphatic carbocycles. The van der Waals surface area contributed by atoms with Gasteiger partial charge in [-0.15, -0.1) is 0 Å². The largest absolute Gasteiger partial charge is 0.316 e. The van der Waals surface area contributed by atoms with Crippen LogP contribution in [-0.2, 0) is 0 Å². The van der Waals surface area contributed by atoms with Gasteiger partial charge in [-0.1, -0.05) is 20.8 Å². The summed E-state index contributed by atoms with van der Waals surface area (Å²) in [6.07, 6.45) is 2.75. The molecule has 2 rings (SSSR count). The fraction of sp³-hybridized carbons (Fsp3) is 1.00. The molecule has 2 N–H and O–H groups in total. The van der Waals surface area contributed by atoms with Crippen molar-refractivity contribution in [1.82, 2.24) is 10.6 Å². The first-order valence-electron chi connectivity index (χ1n) is 6.55. The molecule has 0 aromatic rings. The molecule has 0 aromatic heterocycles. The van der Waals surface area contributed by atoms with E-state index in [1.807, 2.05) is 0 Å². The Morgan fingerprint density at radius 3 is 2.00 bits per heavy atom. The average molecular weight is 212 g/mol. The summed E-state index contributed by atoms with van der Waals surface area (Å²) >= 11 is 0. The minimum atomic E-state index is 0.764. The molecule has 0 saturated carbocycles. The van der Waals surface area contributed by atoms with Crippen molar-refractivity contribution in [2.75, 3.05) is 19.6 Å². The molecule has 2 fully saturated rings. The van der Waals surface area contributed by atoms with Crippen LogP contribution in [0.15, 0.2) is 0 Å².